The van der Waals surface area contributed by atoms with Crippen molar-refractivity contribution < 1.29 is 14.9 Å². The number of nitrogens with one attached hydrogen (secondary N) is 1. The Hall–Kier alpha value is -0.890. The molecule has 1 aromatic heterocycles. The van der Waals surface area contributed by atoms with E-state index in [1.807, 2.05) is 25.9 Å². The third-order valence-electron chi connectivity index (χ3n) is 3.13. The van der Waals surface area contributed by atoms with Crippen LogP contribution >= 0.6 is 11.3 Å². The summed E-state index contributed by atoms with van der Waals surface area (Å²) >= 11 is 1.53. The quantitative estimate of drug-likeness (QED) is 0.644. The zero-order valence-electron chi connectivity index (χ0n) is 11.9. The van der Waals surface area contributed by atoms with Crippen molar-refractivity contribution in [3.63, 3.8) is 0 Å². The molecule has 0 aliphatic rings. The summed E-state index contributed by atoms with van der Waals surface area (Å²) in [4.78, 5) is 7.23. The van der Waals surface area contributed by atoms with Crippen LogP contribution in [0.15, 0.2) is 0 Å². The fourth-order valence-electron chi connectivity index (χ4n) is 1.57. The Morgan fingerprint density at radius 3 is 2.42 bits per heavy atom. The molecule has 0 amide bonds. The molecule has 0 fully saturated rings. The second-order valence-electron chi connectivity index (χ2n) is 4.63. The van der Waals surface area contributed by atoms with Gasteiger partial charge in [-0.3, -0.25) is 0 Å². The summed E-state index contributed by atoms with van der Waals surface area (Å²) in [6.07, 6.45) is 0.641. The van der Waals surface area contributed by atoms with E-state index >= 15 is 0 Å². The van der Waals surface area contributed by atoms with Gasteiger partial charge in [-0.25, -0.2) is 0 Å². The summed E-state index contributed by atoms with van der Waals surface area (Å²) in [5.41, 5.74) is -0.659. The molecular formula is C12H23N3O3S. The highest BCUT2D eigenvalue weighted by Crippen LogP contribution is 2.30. The molecule has 19 heavy (non-hydrogen) atoms. The SMILES string of the molecule is CCC(CO)(CO)NCc1sc(N(C)C)nc1OC. The van der Waals surface area contributed by atoms with Crippen molar-refractivity contribution in [3.8, 4) is 5.88 Å². The number of hydrogen-bond acceptors (Lipinski definition) is 7. The maximum Gasteiger partial charge on any atom is 0.230 e. The topological polar surface area (TPSA) is 77.9 Å². The Balaban J connectivity index is 2.81. The van der Waals surface area contributed by atoms with E-state index in [9.17, 15) is 10.2 Å². The number of rotatable bonds is 8. The zero-order chi connectivity index (χ0) is 14.5. The Morgan fingerprint density at radius 2 is 2.00 bits per heavy atom. The molecule has 1 rings (SSSR count). The molecule has 0 aliphatic heterocycles. The molecule has 0 saturated heterocycles. The molecule has 0 atom stereocenters. The molecular weight excluding hydrogens is 266 g/mol. The van der Waals surface area contributed by atoms with E-state index in [1.165, 1.54) is 11.3 Å². The summed E-state index contributed by atoms with van der Waals surface area (Å²) in [5, 5.41) is 22.9. The van der Waals surface area contributed by atoms with Crippen LogP contribution in [-0.2, 0) is 6.54 Å². The van der Waals surface area contributed by atoms with Gasteiger partial charge in [0.1, 0.15) is 0 Å². The Kier molecular flexibility index (Phi) is 5.99. The highest BCUT2D eigenvalue weighted by Gasteiger charge is 2.26. The van der Waals surface area contributed by atoms with E-state index in [0.29, 0.717) is 18.8 Å². The minimum atomic E-state index is -0.659. The molecule has 6 nitrogen and oxygen atoms in total. The van der Waals surface area contributed by atoms with Gasteiger partial charge in [0.05, 0.1) is 30.7 Å². The summed E-state index contributed by atoms with van der Waals surface area (Å²) in [6, 6.07) is 0. The molecule has 0 aromatic carbocycles. The van der Waals surface area contributed by atoms with E-state index in [4.69, 9.17) is 4.74 Å². The van der Waals surface area contributed by atoms with Crippen LogP contribution in [0.5, 0.6) is 5.88 Å². The normalized spacial score (nSPS) is 11.7. The molecule has 0 aliphatic carbocycles. The summed E-state index contributed by atoms with van der Waals surface area (Å²) in [7, 11) is 5.43. The van der Waals surface area contributed by atoms with Gasteiger partial charge in [0.15, 0.2) is 5.13 Å². The first-order valence-electron chi connectivity index (χ1n) is 6.19. The smallest absolute Gasteiger partial charge is 0.230 e. The number of anilines is 1. The Labute approximate surface area is 118 Å². The number of aliphatic hydroxyl groups is 2. The lowest BCUT2D eigenvalue weighted by molar-refractivity contribution is 0.0864. The number of nitrogens with zero attached hydrogens (tertiary/aromatic N) is 2. The van der Waals surface area contributed by atoms with Gasteiger partial charge in [-0.1, -0.05) is 18.3 Å². The van der Waals surface area contributed by atoms with Gasteiger partial charge in [-0.05, 0) is 6.42 Å². The number of aromatic nitrogens is 1. The lowest BCUT2D eigenvalue weighted by atomic mass is 9.98. The first-order valence-corrected chi connectivity index (χ1v) is 7.01. The highest BCUT2D eigenvalue weighted by atomic mass is 32.1. The number of ether oxygens (including phenoxy) is 1. The Bertz CT molecular complexity index is 383. The highest BCUT2D eigenvalue weighted by molar-refractivity contribution is 7.15. The van der Waals surface area contributed by atoms with Crippen LogP contribution in [0.3, 0.4) is 0 Å². The van der Waals surface area contributed by atoms with Crippen molar-refractivity contribution in [2.75, 3.05) is 39.3 Å². The first kappa shape index (κ1) is 16.2. The monoisotopic (exact) mass is 289 g/mol. The van der Waals surface area contributed by atoms with Crippen molar-refractivity contribution in [1.29, 1.82) is 0 Å². The van der Waals surface area contributed by atoms with Gasteiger partial charge in [0.25, 0.3) is 0 Å². The van der Waals surface area contributed by atoms with Crippen molar-refractivity contribution >= 4 is 16.5 Å². The lowest BCUT2D eigenvalue weighted by Gasteiger charge is -2.29. The minimum Gasteiger partial charge on any atom is -0.480 e. The van der Waals surface area contributed by atoms with Crippen LogP contribution in [-0.4, -0.2) is 55.2 Å². The second kappa shape index (κ2) is 7.04. The minimum absolute atomic E-state index is 0.109. The molecule has 7 heteroatoms. The molecule has 0 radical (unpaired) electrons. The lowest BCUT2D eigenvalue weighted by Crippen LogP contribution is -2.50. The van der Waals surface area contributed by atoms with Crippen molar-refractivity contribution in [2.24, 2.45) is 0 Å². The summed E-state index contributed by atoms with van der Waals surface area (Å²) < 4.78 is 5.25. The maximum absolute atomic E-state index is 9.40. The number of hydrogen-bond donors (Lipinski definition) is 3. The largest absolute Gasteiger partial charge is 0.480 e. The van der Waals surface area contributed by atoms with Gasteiger partial charge in [0, 0.05) is 20.6 Å². The van der Waals surface area contributed by atoms with E-state index in [0.717, 1.165) is 10.0 Å². The fourth-order valence-corrected chi connectivity index (χ4v) is 2.46. The molecule has 110 valence electrons. The van der Waals surface area contributed by atoms with Gasteiger partial charge in [-0.15, -0.1) is 0 Å². The van der Waals surface area contributed by atoms with Crippen LogP contribution in [0.25, 0.3) is 0 Å². The summed E-state index contributed by atoms with van der Waals surface area (Å²) in [5.74, 6) is 0.585. The second-order valence-corrected chi connectivity index (χ2v) is 5.69. The molecule has 3 N–H and O–H groups in total. The van der Waals surface area contributed by atoms with Gasteiger partial charge in [-0.2, -0.15) is 4.98 Å². The standard InChI is InChI=1S/C12H23N3O3S/c1-5-12(7-16,8-17)13-6-9-10(18-4)14-11(19-9)15(2)3/h13,16-17H,5-8H2,1-4H3. The fraction of sp³-hybridized carbons (Fsp3) is 0.750. The maximum atomic E-state index is 9.40. The predicted molar refractivity (Wildman–Crippen MR) is 77.0 cm³/mol. The third-order valence-corrected chi connectivity index (χ3v) is 4.34. The number of thiazole rings is 1. The van der Waals surface area contributed by atoms with Crippen LogP contribution < -0.4 is 15.0 Å². The summed E-state index contributed by atoms with van der Waals surface area (Å²) in [6.45, 7) is 2.21. The average molecular weight is 289 g/mol. The van der Waals surface area contributed by atoms with E-state index in [-0.39, 0.29) is 13.2 Å². The predicted octanol–water partition coefficient (Wildman–Crippen LogP) is 0.441. The number of methoxy groups -OCH3 is 1. The van der Waals surface area contributed by atoms with Gasteiger partial charge >= 0.3 is 0 Å². The molecule has 0 bridgehead atoms. The molecule has 1 aromatic rings. The number of aliphatic hydroxyl groups excluding tert-OH is 2. The first-order chi connectivity index (χ1) is 9.01. The van der Waals surface area contributed by atoms with E-state index in [1.54, 1.807) is 7.11 Å². The van der Waals surface area contributed by atoms with Crippen molar-refractivity contribution in [1.82, 2.24) is 10.3 Å². The van der Waals surface area contributed by atoms with E-state index in [2.05, 4.69) is 10.3 Å². The zero-order valence-corrected chi connectivity index (χ0v) is 12.8. The van der Waals surface area contributed by atoms with Crippen LogP contribution in [0.4, 0.5) is 5.13 Å². The van der Waals surface area contributed by atoms with Crippen LogP contribution in [0, 0.1) is 0 Å². The molecule has 1 heterocycles. The van der Waals surface area contributed by atoms with Crippen LogP contribution in [0.1, 0.15) is 18.2 Å². The van der Waals surface area contributed by atoms with Crippen LogP contribution in [0.2, 0.25) is 0 Å². The molecule has 0 spiro atoms. The van der Waals surface area contributed by atoms with Crippen molar-refractivity contribution in [2.45, 2.75) is 25.4 Å². The van der Waals surface area contributed by atoms with Gasteiger partial charge < -0.3 is 25.2 Å². The van der Waals surface area contributed by atoms with Crippen molar-refractivity contribution in [3.05, 3.63) is 4.88 Å². The average Bonchev–Trinajstić information content (AvgIpc) is 2.84. The molecule has 0 saturated carbocycles. The Morgan fingerprint density at radius 1 is 1.37 bits per heavy atom. The molecule has 0 unspecified atom stereocenters. The van der Waals surface area contributed by atoms with Gasteiger partial charge in [0.2, 0.25) is 5.88 Å². The van der Waals surface area contributed by atoms with E-state index < -0.39 is 5.54 Å². The third kappa shape index (κ3) is 3.79.